The SMILES string of the molecule is N#Cc1ccc(/C=C2\OC(c3ccc(C#N)cc3)C3(CCC3)C2=O)cc1. The van der Waals surface area contributed by atoms with E-state index in [1.807, 2.05) is 24.3 Å². The van der Waals surface area contributed by atoms with Crippen LogP contribution >= 0.6 is 0 Å². The fourth-order valence-electron chi connectivity index (χ4n) is 3.73. The van der Waals surface area contributed by atoms with Gasteiger partial charge in [0.2, 0.25) is 5.78 Å². The smallest absolute Gasteiger partial charge is 0.207 e. The minimum Gasteiger partial charge on any atom is -0.481 e. The Bertz CT molecular complexity index is 969. The molecule has 2 fully saturated rings. The highest BCUT2D eigenvalue weighted by Gasteiger charge is 2.58. The number of rotatable bonds is 2. The number of carbonyl (C=O) groups excluding carboxylic acids is 1. The normalized spacial score (nSPS) is 21.7. The molecular formula is C22H16N2O2. The zero-order valence-electron chi connectivity index (χ0n) is 14.1. The number of carbonyl (C=O) groups is 1. The molecule has 1 saturated heterocycles. The van der Waals surface area contributed by atoms with Crippen molar-refractivity contribution in [2.24, 2.45) is 5.41 Å². The zero-order valence-corrected chi connectivity index (χ0v) is 14.1. The Morgan fingerprint density at radius 2 is 1.54 bits per heavy atom. The second-order valence-electron chi connectivity index (χ2n) is 6.81. The van der Waals surface area contributed by atoms with Crippen molar-refractivity contribution >= 4 is 11.9 Å². The maximum atomic E-state index is 13.0. The number of nitriles is 2. The lowest BCUT2D eigenvalue weighted by molar-refractivity contribution is -0.128. The first-order chi connectivity index (χ1) is 12.7. The first-order valence-corrected chi connectivity index (χ1v) is 8.60. The minimum atomic E-state index is -0.480. The zero-order chi connectivity index (χ0) is 18.1. The van der Waals surface area contributed by atoms with E-state index in [4.69, 9.17) is 15.3 Å². The Morgan fingerprint density at radius 1 is 0.962 bits per heavy atom. The van der Waals surface area contributed by atoms with Crippen molar-refractivity contribution < 1.29 is 9.53 Å². The van der Waals surface area contributed by atoms with Gasteiger partial charge in [0.05, 0.1) is 28.7 Å². The molecule has 126 valence electrons. The summed E-state index contributed by atoms with van der Waals surface area (Å²) >= 11 is 0. The lowest BCUT2D eigenvalue weighted by Crippen LogP contribution is -2.38. The van der Waals surface area contributed by atoms with Crippen LogP contribution in [-0.2, 0) is 9.53 Å². The fourth-order valence-corrected chi connectivity index (χ4v) is 3.73. The van der Waals surface area contributed by atoms with Crippen molar-refractivity contribution in [2.45, 2.75) is 25.4 Å². The molecule has 4 heteroatoms. The minimum absolute atomic E-state index is 0.0578. The predicted molar refractivity (Wildman–Crippen MR) is 95.4 cm³/mol. The molecule has 1 aliphatic heterocycles. The maximum Gasteiger partial charge on any atom is 0.207 e. The van der Waals surface area contributed by atoms with Gasteiger partial charge in [0.1, 0.15) is 6.10 Å². The number of Topliss-reactive ketones (excluding diaryl/α,β-unsaturated/α-hetero) is 1. The van der Waals surface area contributed by atoms with Crippen LogP contribution in [0.4, 0.5) is 0 Å². The van der Waals surface area contributed by atoms with Gasteiger partial charge in [0.15, 0.2) is 5.76 Å². The third kappa shape index (κ3) is 2.48. The summed E-state index contributed by atoms with van der Waals surface area (Å²) in [6.07, 6.45) is 4.11. The molecule has 1 heterocycles. The number of nitrogens with zero attached hydrogens (tertiary/aromatic N) is 2. The van der Waals surface area contributed by atoms with Crippen molar-refractivity contribution in [3.05, 3.63) is 76.5 Å². The highest BCUT2D eigenvalue weighted by Crippen LogP contribution is 2.58. The number of hydrogen-bond donors (Lipinski definition) is 0. The van der Waals surface area contributed by atoms with Gasteiger partial charge in [-0.3, -0.25) is 4.79 Å². The van der Waals surface area contributed by atoms with E-state index in [1.54, 1.807) is 30.3 Å². The van der Waals surface area contributed by atoms with E-state index in [9.17, 15) is 4.79 Å². The van der Waals surface area contributed by atoms with Gasteiger partial charge in [-0.15, -0.1) is 0 Å². The van der Waals surface area contributed by atoms with E-state index in [0.29, 0.717) is 16.9 Å². The molecular weight excluding hydrogens is 324 g/mol. The molecule has 1 aliphatic carbocycles. The molecule has 4 rings (SSSR count). The van der Waals surface area contributed by atoms with Crippen molar-refractivity contribution in [1.29, 1.82) is 10.5 Å². The summed E-state index contributed by atoms with van der Waals surface area (Å²) in [5.41, 5.74) is 2.46. The molecule has 2 aliphatic rings. The molecule has 1 spiro atoms. The predicted octanol–water partition coefficient (Wildman–Crippen LogP) is 4.28. The maximum absolute atomic E-state index is 13.0. The molecule has 1 unspecified atom stereocenters. The average molecular weight is 340 g/mol. The second kappa shape index (κ2) is 6.17. The van der Waals surface area contributed by atoms with Crippen molar-refractivity contribution in [3.63, 3.8) is 0 Å². The molecule has 0 N–H and O–H groups in total. The van der Waals surface area contributed by atoms with E-state index in [-0.39, 0.29) is 11.9 Å². The molecule has 26 heavy (non-hydrogen) atoms. The van der Waals surface area contributed by atoms with Gasteiger partial charge < -0.3 is 4.74 Å². The van der Waals surface area contributed by atoms with Crippen LogP contribution in [0.1, 0.15) is 47.6 Å². The van der Waals surface area contributed by atoms with Crippen molar-refractivity contribution in [1.82, 2.24) is 0 Å². The van der Waals surface area contributed by atoms with Crippen LogP contribution in [0, 0.1) is 28.1 Å². The van der Waals surface area contributed by atoms with Crippen LogP contribution < -0.4 is 0 Å². The van der Waals surface area contributed by atoms with Crippen molar-refractivity contribution in [2.75, 3.05) is 0 Å². The summed E-state index contributed by atoms with van der Waals surface area (Å²) in [6, 6.07) is 18.5. The summed E-state index contributed by atoms with van der Waals surface area (Å²) < 4.78 is 6.12. The van der Waals surface area contributed by atoms with E-state index in [2.05, 4.69) is 12.1 Å². The average Bonchev–Trinajstić information content (AvgIpc) is 2.95. The summed E-state index contributed by atoms with van der Waals surface area (Å²) in [5, 5.41) is 17.9. The summed E-state index contributed by atoms with van der Waals surface area (Å²) in [5.74, 6) is 0.436. The Balaban J connectivity index is 1.68. The van der Waals surface area contributed by atoms with Gasteiger partial charge >= 0.3 is 0 Å². The monoisotopic (exact) mass is 340 g/mol. The third-order valence-electron chi connectivity index (χ3n) is 5.35. The molecule has 0 bridgehead atoms. The number of ether oxygens (including phenoxy) is 1. The van der Waals surface area contributed by atoms with Crippen LogP contribution in [0.5, 0.6) is 0 Å². The molecule has 2 aromatic rings. The van der Waals surface area contributed by atoms with E-state index >= 15 is 0 Å². The Hall–Kier alpha value is -3.37. The van der Waals surface area contributed by atoms with Gasteiger partial charge in [-0.2, -0.15) is 10.5 Å². The third-order valence-corrected chi connectivity index (χ3v) is 5.35. The van der Waals surface area contributed by atoms with Gasteiger partial charge in [0, 0.05) is 0 Å². The van der Waals surface area contributed by atoms with Gasteiger partial charge in [-0.25, -0.2) is 0 Å². The molecule has 0 amide bonds. The molecule has 0 radical (unpaired) electrons. The van der Waals surface area contributed by atoms with E-state index < -0.39 is 5.41 Å². The number of ketones is 1. The van der Waals surface area contributed by atoms with Crippen LogP contribution in [-0.4, -0.2) is 5.78 Å². The molecule has 1 atom stereocenters. The molecule has 1 saturated carbocycles. The van der Waals surface area contributed by atoms with Gasteiger partial charge in [-0.05, 0) is 54.3 Å². The molecule has 4 nitrogen and oxygen atoms in total. The van der Waals surface area contributed by atoms with E-state index in [1.165, 1.54) is 0 Å². The summed E-state index contributed by atoms with van der Waals surface area (Å²) in [7, 11) is 0. The van der Waals surface area contributed by atoms with E-state index in [0.717, 1.165) is 30.4 Å². The first-order valence-electron chi connectivity index (χ1n) is 8.60. The topological polar surface area (TPSA) is 73.9 Å². The highest BCUT2D eigenvalue weighted by atomic mass is 16.5. The number of benzene rings is 2. The molecule has 2 aromatic carbocycles. The highest BCUT2D eigenvalue weighted by molar-refractivity contribution is 6.04. The lowest BCUT2D eigenvalue weighted by Gasteiger charge is -2.39. The lowest BCUT2D eigenvalue weighted by atomic mass is 9.62. The first kappa shape index (κ1) is 16.1. The van der Waals surface area contributed by atoms with Crippen LogP contribution in [0.15, 0.2) is 54.3 Å². The molecule has 0 aromatic heterocycles. The van der Waals surface area contributed by atoms with Crippen molar-refractivity contribution in [3.8, 4) is 12.1 Å². The number of hydrogen-bond acceptors (Lipinski definition) is 4. The van der Waals surface area contributed by atoms with Crippen LogP contribution in [0.3, 0.4) is 0 Å². The van der Waals surface area contributed by atoms with Gasteiger partial charge in [-0.1, -0.05) is 30.7 Å². The largest absolute Gasteiger partial charge is 0.481 e. The Kier molecular flexibility index (Phi) is 3.82. The van der Waals surface area contributed by atoms with Crippen LogP contribution in [0.2, 0.25) is 0 Å². The summed E-state index contributed by atoms with van der Waals surface area (Å²) in [4.78, 5) is 13.0. The number of allylic oxidation sites excluding steroid dienone is 1. The summed E-state index contributed by atoms with van der Waals surface area (Å²) in [6.45, 7) is 0. The van der Waals surface area contributed by atoms with Gasteiger partial charge in [0.25, 0.3) is 0 Å². The standard InChI is InChI=1S/C22H16N2O2/c23-13-16-4-2-15(3-5-16)12-19-20(25)22(10-1-11-22)21(26-19)18-8-6-17(14-24)7-9-18/h2-9,12,21H,1,10-11H2/b19-12-. The fraction of sp³-hybridized carbons (Fsp3) is 0.227. The Labute approximate surface area is 151 Å². The quantitative estimate of drug-likeness (QED) is 0.765. The van der Waals surface area contributed by atoms with Crippen LogP contribution in [0.25, 0.3) is 6.08 Å². The second-order valence-corrected chi connectivity index (χ2v) is 6.81. The Morgan fingerprint density at radius 3 is 2.04 bits per heavy atom.